The maximum absolute atomic E-state index is 12.3. The summed E-state index contributed by atoms with van der Waals surface area (Å²) in [5.41, 5.74) is 11.9. The van der Waals surface area contributed by atoms with E-state index in [0.29, 0.717) is 25.1 Å². The average molecular weight is 370 g/mol. The largest absolute Gasteiger partial charge is 0.480 e. The lowest BCUT2D eigenvalue weighted by Crippen LogP contribution is -2.55. The maximum Gasteiger partial charge on any atom is 0.328 e. The second-order valence-corrected chi connectivity index (χ2v) is 5.82. The minimum atomic E-state index is -1.45. The number of nitrogens with two attached hydrogens (primary N) is 2. The highest BCUT2D eigenvalue weighted by Crippen LogP contribution is 2.04. The van der Waals surface area contributed by atoms with E-state index in [1.165, 1.54) is 12.5 Å². The number of aromatic nitrogens is 2. The van der Waals surface area contributed by atoms with Gasteiger partial charge in [0.05, 0.1) is 19.0 Å². The van der Waals surface area contributed by atoms with Gasteiger partial charge >= 0.3 is 5.97 Å². The number of nitrogens with zero attached hydrogens (tertiary/aromatic N) is 1. The van der Waals surface area contributed by atoms with Gasteiger partial charge in [0.25, 0.3) is 0 Å². The SMILES string of the molecule is NCCCCC(NC(=O)C(N)Cc1cnc[nH]1)C(=O)NC(CO)C(=O)O. The quantitative estimate of drug-likeness (QED) is 0.195. The lowest BCUT2D eigenvalue weighted by Gasteiger charge is -2.22. The van der Waals surface area contributed by atoms with Crippen LogP contribution in [0.2, 0.25) is 0 Å². The van der Waals surface area contributed by atoms with Gasteiger partial charge in [0.15, 0.2) is 0 Å². The number of imidazole rings is 1. The van der Waals surface area contributed by atoms with E-state index in [2.05, 4.69) is 20.6 Å². The molecule has 11 nitrogen and oxygen atoms in total. The summed E-state index contributed by atoms with van der Waals surface area (Å²) in [6.07, 6.45) is 4.67. The van der Waals surface area contributed by atoms with Crippen molar-refractivity contribution in [3.63, 3.8) is 0 Å². The number of carboxylic acid groups (broad SMARTS) is 1. The van der Waals surface area contributed by atoms with E-state index in [0.717, 1.165) is 0 Å². The predicted octanol–water partition coefficient (Wildman–Crippen LogP) is -2.54. The Morgan fingerprint density at radius 2 is 1.88 bits per heavy atom. The third kappa shape index (κ3) is 7.17. The van der Waals surface area contributed by atoms with Crippen LogP contribution in [-0.4, -0.2) is 69.2 Å². The Bertz CT molecular complexity index is 579. The zero-order valence-corrected chi connectivity index (χ0v) is 14.4. The fraction of sp³-hybridized carbons (Fsp3) is 0.600. The number of aliphatic hydroxyl groups is 1. The fourth-order valence-corrected chi connectivity index (χ4v) is 2.22. The number of carbonyl (C=O) groups is 3. The zero-order valence-electron chi connectivity index (χ0n) is 14.4. The monoisotopic (exact) mass is 370 g/mol. The van der Waals surface area contributed by atoms with Gasteiger partial charge in [-0.05, 0) is 25.8 Å². The molecule has 2 amide bonds. The first-order chi connectivity index (χ1) is 12.4. The van der Waals surface area contributed by atoms with E-state index < -0.39 is 42.5 Å². The highest BCUT2D eigenvalue weighted by molar-refractivity contribution is 5.91. The van der Waals surface area contributed by atoms with E-state index in [1.807, 2.05) is 0 Å². The molecule has 11 heteroatoms. The van der Waals surface area contributed by atoms with Crippen molar-refractivity contribution in [2.75, 3.05) is 13.2 Å². The molecule has 1 heterocycles. The van der Waals surface area contributed by atoms with Gasteiger partial charge in [-0.15, -0.1) is 0 Å². The van der Waals surface area contributed by atoms with Crippen LogP contribution in [0.1, 0.15) is 25.0 Å². The Kier molecular flexibility index (Phi) is 9.26. The maximum atomic E-state index is 12.3. The van der Waals surface area contributed by atoms with Crippen LogP contribution in [0.3, 0.4) is 0 Å². The Hall–Kier alpha value is -2.50. The third-order valence-electron chi connectivity index (χ3n) is 3.71. The first-order valence-corrected chi connectivity index (χ1v) is 8.26. The van der Waals surface area contributed by atoms with Crippen LogP contribution < -0.4 is 22.1 Å². The molecular weight excluding hydrogens is 344 g/mol. The van der Waals surface area contributed by atoms with Crippen molar-refractivity contribution in [2.24, 2.45) is 11.5 Å². The van der Waals surface area contributed by atoms with Gasteiger partial charge in [-0.3, -0.25) is 9.59 Å². The number of aromatic amines is 1. The minimum Gasteiger partial charge on any atom is -0.480 e. The van der Waals surface area contributed by atoms with Crippen molar-refractivity contribution in [1.29, 1.82) is 0 Å². The summed E-state index contributed by atoms with van der Waals surface area (Å²) < 4.78 is 0. The van der Waals surface area contributed by atoms with Crippen LogP contribution in [0.4, 0.5) is 0 Å². The molecule has 0 aliphatic heterocycles. The number of hydrogen-bond donors (Lipinski definition) is 7. The third-order valence-corrected chi connectivity index (χ3v) is 3.71. The number of amides is 2. The first-order valence-electron chi connectivity index (χ1n) is 8.26. The number of H-pyrrole nitrogens is 1. The van der Waals surface area contributed by atoms with E-state index in [-0.39, 0.29) is 12.8 Å². The second kappa shape index (κ2) is 11.2. The summed E-state index contributed by atoms with van der Waals surface area (Å²) in [7, 11) is 0. The number of unbranched alkanes of at least 4 members (excludes halogenated alkanes) is 1. The highest BCUT2D eigenvalue weighted by atomic mass is 16.4. The molecule has 26 heavy (non-hydrogen) atoms. The Morgan fingerprint density at radius 3 is 2.42 bits per heavy atom. The van der Waals surface area contributed by atoms with E-state index in [4.69, 9.17) is 21.7 Å². The number of rotatable bonds is 12. The molecule has 0 aliphatic rings. The molecule has 0 fully saturated rings. The summed E-state index contributed by atoms with van der Waals surface area (Å²) in [6.45, 7) is -0.333. The standard InChI is InChI=1S/C15H26N6O5/c16-4-2-1-3-11(14(24)21-12(7-22)15(25)26)20-13(23)10(17)5-9-6-18-8-19-9/h6,8,10-12,22H,1-5,7,16-17H2,(H,18,19)(H,20,23)(H,21,24)(H,25,26). The molecule has 9 N–H and O–H groups in total. The number of carboxylic acids is 1. The van der Waals surface area contributed by atoms with E-state index in [9.17, 15) is 14.4 Å². The van der Waals surface area contributed by atoms with Gasteiger partial charge in [-0.1, -0.05) is 0 Å². The summed E-state index contributed by atoms with van der Waals surface area (Å²) in [5, 5.41) is 22.7. The van der Waals surface area contributed by atoms with Crippen molar-refractivity contribution in [3.8, 4) is 0 Å². The van der Waals surface area contributed by atoms with Crippen molar-refractivity contribution in [1.82, 2.24) is 20.6 Å². The molecule has 0 bridgehead atoms. The Labute approximate surface area is 150 Å². The van der Waals surface area contributed by atoms with Gasteiger partial charge < -0.3 is 37.3 Å². The summed E-state index contributed by atoms with van der Waals surface area (Å²) in [5.74, 6) is -2.63. The lowest BCUT2D eigenvalue weighted by molar-refractivity contribution is -0.143. The molecule has 3 unspecified atom stereocenters. The number of aliphatic carboxylic acids is 1. The van der Waals surface area contributed by atoms with Crippen LogP contribution in [0.15, 0.2) is 12.5 Å². The van der Waals surface area contributed by atoms with Crippen molar-refractivity contribution in [3.05, 3.63) is 18.2 Å². The molecular formula is C15H26N6O5. The van der Waals surface area contributed by atoms with Gasteiger partial charge in [-0.2, -0.15) is 0 Å². The van der Waals surface area contributed by atoms with Gasteiger partial charge in [0, 0.05) is 18.3 Å². The molecule has 0 saturated carbocycles. The van der Waals surface area contributed by atoms with Crippen molar-refractivity contribution in [2.45, 2.75) is 43.8 Å². The molecule has 0 spiro atoms. The Morgan fingerprint density at radius 1 is 1.19 bits per heavy atom. The number of carbonyl (C=O) groups excluding carboxylic acids is 2. The molecule has 0 saturated heterocycles. The van der Waals surface area contributed by atoms with Crippen molar-refractivity contribution >= 4 is 17.8 Å². The molecule has 146 valence electrons. The molecule has 0 aliphatic carbocycles. The summed E-state index contributed by atoms with van der Waals surface area (Å²) >= 11 is 0. The smallest absolute Gasteiger partial charge is 0.328 e. The van der Waals surface area contributed by atoms with Crippen LogP contribution in [0.5, 0.6) is 0 Å². The second-order valence-electron chi connectivity index (χ2n) is 5.82. The van der Waals surface area contributed by atoms with Crippen LogP contribution >= 0.6 is 0 Å². The molecule has 0 aromatic carbocycles. The molecule has 1 rings (SSSR count). The summed E-state index contributed by atoms with van der Waals surface area (Å²) in [4.78, 5) is 42.2. The minimum absolute atomic E-state index is 0.206. The predicted molar refractivity (Wildman–Crippen MR) is 91.8 cm³/mol. The number of nitrogens with one attached hydrogen (secondary N) is 3. The average Bonchev–Trinajstić information content (AvgIpc) is 3.11. The van der Waals surface area contributed by atoms with E-state index >= 15 is 0 Å². The topological polar surface area (TPSA) is 196 Å². The fourth-order valence-electron chi connectivity index (χ4n) is 2.22. The molecule has 1 aromatic heterocycles. The van der Waals surface area contributed by atoms with Crippen LogP contribution in [-0.2, 0) is 20.8 Å². The van der Waals surface area contributed by atoms with Gasteiger partial charge in [0.2, 0.25) is 11.8 Å². The highest BCUT2D eigenvalue weighted by Gasteiger charge is 2.27. The molecule has 0 radical (unpaired) electrons. The lowest BCUT2D eigenvalue weighted by atomic mass is 10.1. The van der Waals surface area contributed by atoms with E-state index in [1.54, 1.807) is 0 Å². The van der Waals surface area contributed by atoms with Gasteiger partial charge in [0.1, 0.15) is 12.1 Å². The molecule has 1 aromatic rings. The van der Waals surface area contributed by atoms with Gasteiger partial charge in [-0.25, -0.2) is 9.78 Å². The van der Waals surface area contributed by atoms with Crippen LogP contribution in [0.25, 0.3) is 0 Å². The normalized spacial score (nSPS) is 14.3. The summed E-state index contributed by atoms with van der Waals surface area (Å²) in [6, 6.07) is -3.33. The first kappa shape index (κ1) is 21.5. The number of aliphatic hydroxyl groups excluding tert-OH is 1. The van der Waals surface area contributed by atoms with Crippen LogP contribution in [0, 0.1) is 0 Å². The van der Waals surface area contributed by atoms with Crippen molar-refractivity contribution < 1.29 is 24.6 Å². The number of hydrogen-bond acceptors (Lipinski definition) is 7. The Balaban J connectivity index is 2.69. The zero-order chi connectivity index (χ0) is 19.5. The molecule has 3 atom stereocenters.